The molecule has 0 saturated heterocycles. The third-order valence-electron chi connectivity index (χ3n) is 16.0. The molecule has 0 spiro atoms. The van der Waals surface area contributed by atoms with Gasteiger partial charge in [-0.15, -0.1) is 0 Å². The fourth-order valence-corrected chi connectivity index (χ4v) is 10.7. The summed E-state index contributed by atoms with van der Waals surface area (Å²) in [6, 6.07) is -0.541. The van der Waals surface area contributed by atoms with Crippen LogP contribution in [0.3, 0.4) is 0 Å². The fourth-order valence-electron chi connectivity index (χ4n) is 10.7. The summed E-state index contributed by atoms with van der Waals surface area (Å²) in [4.78, 5) is 24.6. The lowest BCUT2D eigenvalue weighted by Crippen LogP contribution is -2.45. The van der Waals surface area contributed by atoms with E-state index in [1.54, 1.807) is 0 Å². The zero-order chi connectivity index (χ0) is 54.3. The Balaban J connectivity index is 3.35. The van der Waals surface area contributed by atoms with Crippen LogP contribution in [0.4, 0.5) is 0 Å². The second-order valence-corrected chi connectivity index (χ2v) is 23.5. The van der Waals surface area contributed by atoms with Gasteiger partial charge in [-0.3, -0.25) is 9.59 Å². The van der Waals surface area contributed by atoms with Gasteiger partial charge in [-0.1, -0.05) is 314 Å². The van der Waals surface area contributed by atoms with Crippen LogP contribution < -0.4 is 5.32 Å². The van der Waals surface area contributed by atoms with E-state index in [0.717, 1.165) is 38.5 Å². The van der Waals surface area contributed by atoms with Gasteiger partial charge in [0.25, 0.3) is 0 Å². The number of unbranched alkanes of at least 4 members (excludes halogenated alkanes) is 49. The van der Waals surface area contributed by atoms with E-state index in [9.17, 15) is 19.8 Å². The first-order valence-corrected chi connectivity index (χ1v) is 34.1. The second-order valence-electron chi connectivity index (χ2n) is 23.5. The van der Waals surface area contributed by atoms with E-state index >= 15 is 0 Å². The normalized spacial score (nSPS) is 12.6. The molecule has 0 aromatic rings. The molecule has 6 nitrogen and oxygen atoms in total. The standard InChI is InChI=1S/C69H133NO5/c1-3-5-7-9-11-13-15-17-18-19-29-33-36-39-43-47-51-55-59-63-69(74)75-64-60-56-52-48-44-40-37-34-31-28-26-24-22-20-21-23-25-27-30-32-35-38-42-46-50-54-58-62-68(73)70-66(65-71)67(72)61-57-53-49-45-41-16-14-12-10-8-6-4-2/h17-18,20-21,66-67,71-72H,3-16,19,22-65H2,1-2H3,(H,70,73)/b18-17-,21-20-. The number of hydrogen-bond acceptors (Lipinski definition) is 5. The molecule has 0 aromatic carbocycles. The lowest BCUT2D eigenvalue weighted by molar-refractivity contribution is -0.143. The third kappa shape index (κ3) is 61.4. The highest BCUT2D eigenvalue weighted by Gasteiger charge is 2.20. The van der Waals surface area contributed by atoms with Gasteiger partial charge in [0, 0.05) is 12.8 Å². The van der Waals surface area contributed by atoms with Crippen molar-refractivity contribution in [1.29, 1.82) is 0 Å². The van der Waals surface area contributed by atoms with Gasteiger partial charge in [0.15, 0.2) is 0 Å². The topological polar surface area (TPSA) is 95.9 Å². The van der Waals surface area contributed by atoms with E-state index in [-0.39, 0.29) is 18.5 Å². The summed E-state index contributed by atoms with van der Waals surface area (Å²) in [6.07, 6.45) is 80.8. The van der Waals surface area contributed by atoms with Crippen molar-refractivity contribution in [3.63, 3.8) is 0 Å². The van der Waals surface area contributed by atoms with Crippen LogP contribution in [0.2, 0.25) is 0 Å². The number of allylic oxidation sites excluding steroid dienone is 4. The number of carbonyl (C=O) groups excluding carboxylic acids is 2. The Kier molecular flexibility index (Phi) is 63.4. The molecule has 0 aliphatic heterocycles. The van der Waals surface area contributed by atoms with Crippen LogP contribution in [0.15, 0.2) is 24.3 Å². The van der Waals surface area contributed by atoms with Gasteiger partial charge in [-0.2, -0.15) is 0 Å². The molecule has 0 aliphatic carbocycles. The number of esters is 1. The molecule has 0 aromatic heterocycles. The molecule has 2 unspecified atom stereocenters. The average molecular weight is 1060 g/mol. The van der Waals surface area contributed by atoms with Gasteiger partial charge in [0.1, 0.15) is 0 Å². The number of nitrogens with one attached hydrogen (secondary N) is 1. The molecular formula is C69H133NO5. The molecule has 0 rings (SSSR count). The summed E-state index contributed by atoms with van der Waals surface area (Å²) < 4.78 is 5.51. The van der Waals surface area contributed by atoms with Crippen molar-refractivity contribution in [2.75, 3.05) is 13.2 Å². The number of aliphatic hydroxyl groups is 2. The van der Waals surface area contributed by atoms with Crippen molar-refractivity contribution in [2.24, 2.45) is 0 Å². The predicted molar refractivity (Wildman–Crippen MR) is 329 cm³/mol. The van der Waals surface area contributed by atoms with Crippen LogP contribution in [0.1, 0.15) is 380 Å². The minimum absolute atomic E-state index is 0.0153. The first-order valence-electron chi connectivity index (χ1n) is 34.1. The van der Waals surface area contributed by atoms with E-state index in [2.05, 4.69) is 43.5 Å². The van der Waals surface area contributed by atoms with Crippen molar-refractivity contribution < 1.29 is 24.5 Å². The van der Waals surface area contributed by atoms with Gasteiger partial charge in [0.2, 0.25) is 5.91 Å². The molecule has 3 N–H and O–H groups in total. The molecule has 75 heavy (non-hydrogen) atoms. The molecule has 0 heterocycles. The number of carbonyl (C=O) groups is 2. The van der Waals surface area contributed by atoms with Gasteiger partial charge in [-0.05, 0) is 77.0 Å². The summed E-state index contributed by atoms with van der Waals surface area (Å²) >= 11 is 0. The smallest absolute Gasteiger partial charge is 0.305 e. The van der Waals surface area contributed by atoms with E-state index in [1.165, 1.54) is 308 Å². The maximum Gasteiger partial charge on any atom is 0.305 e. The van der Waals surface area contributed by atoms with Crippen LogP contribution in [0, 0.1) is 0 Å². The molecule has 0 radical (unpaired) electrons. The molecular weight excluding hydrogens is 923 g/mol. The summed E-state index contributed by atoms with van der Waals surface area (Å²) in [5.74, 6) is -0.0194. The fraction of sp³-hybridized carbons (Fsp3) is 0.913. The monoisotopic (exact) mass is 1060 g/mol. The maximum atomic E-state index is 12.5. The molecule has 1 amide bonds. The Labute approximate surface area is 469 Å². The van der Waals surface area contributed by atoms with Gasteiger partial charge in [-0.25, -0.2) is 0 Å². The van der Waals surface area contributed by atoms with Crippen LogP contribution in [-0.4, -0.2) is 47.4 Å². The second kappa shape index (κ2) is 64.9. The zero-order valence-corrected chi connectivity index (χ0v) is 50.8. The lowest BCUT2D eigenvalue weighted by atomic mass is 10.0. The van der Waals surface area contributed by atoms with E-state index < -0.39 is 12.1 Å². The molecule has 0 fully saturated rings. The molecule has 0 saturated carbocycles. The highest BCUT2D eigenvalue weighted by Crippen LogP contribution is 2.18. The van der Waals surface area contributed by atoms with Gasteiger partial charge >= 0.3 is 5.97 Å². The maximum absolute atomic E-state index is 12.5. The van der Waals surface area contributed by atoms with Gasteiger partial charge in [0.05, 0.1) is 25.4 Å². The van der Waals surface area contributed by atoms with Crippen molar-refractivity contribution in [1.82, 2.24) is 5.32 Å². The van der Waals surface area contributed by atoms with Crippen molar-refractivity contribution in [2.45, 2.75) is 392 Å². The van der Waals surface area contributed by atoms with Crippen molar-refractivity contribution in [3.8, 4) is 0 Å². The Bertz CT molecular complexity index is 1170. The predicted octanol–water partition coefficient (Wildman–Crippen LogP) is 21.8. The number of aliphatic hydroxyl groups excluding tert-OH is 2. The van der Waals surface area contributed by atoms with Crippen LogP contribution in [0.25, 0.3) is 0 Å². The van der Waals surface area contributed by atoms with E-state index in [0.29, 0.717) is 25.9 Å². The summed E-state index contributed by atoms with van der Waals surface area (Å²) in [6.45, 7) is 4.97. The highest BCUT2D eigenvalue weighted by molar-refractivity contribution is 5.76. The number of rotatable bonds is 64. The van der Waals surface area contributed by atoms with Gasteiger partial charge < -0.3 is 20.3 Å². The van der Waals surface area contributed by atoms with Crippen LogP contribution in [0.5, 0.6) is 0 Å². The Morgan fingerprint density at radius 2 is 0.627 bits per heavy atom. The van der Waals surface area contributed by atoms with E-state index in [1.807, 2.05) is 0 Å². The third-order valence-corrected chi connectivity index (χ3v) is 16.0. The Morgan fingerprint density at radius 1 is 0.360 bits per heavy atom. The Morgan fingerprint density at radius 3 is 0.947 bits per heavy atom. The average Bonchev–Trinajstić information content (AvgIpc) is 3.41. The molecule has 444 valence electrons. The first-order chi connectivity index (χ1) is 37.0. The summed E-state index contributed by atoms with van der Waals surface area (Å²) in [5, 5.41) is 23.2. The minimum atomic E-state index is -0.663. The molecule has 0 bridgehead atoms. The summed E-state index contributed by atoms with van der Waals surface area (Å²) in [7, 11) is 0. The highest BCUT2D eigenvalue weighted by atomic mass is 16.5. The number of amides is 1. The van der Waals surface area contributed by atoms with Crippen LogP contribution >= 0.6 is 0 Å². The molecule has 6 heteroatoms. The largest absolute Gasteiger partial charge is 0.466 e. The van der Waals surface area contributed by atoms with Crippen LogP contribution in [-0.2, 0) is 14.3 Å². The quantitative estimate of drug-likeness (QED) is 0.0320. The number of ether oxygens (including phenoxy) is 1. The molecule has 2 atom stereocenters. The van der Waals surface area contributed by atoms with Crippen molar-refractivity contribution in [3.05, 3.63) is 24.3 Å². The first kappa shape index (κ1) is 73.3. The van der Waals surface area contributed by atoms with E-state index in [4.69, 9.17) is 4.74 Å². The SMILES string of the molecule is CCCCCCCC/C=C\CCCCCCCCCCCC(=O)OCCCCCCCCCCCCCC/C=C\CCCCCCCCCCCCCC(=O)NC(CO)C(O)CCCCCCCCCCCCCC. The number of hydrogen-bond donors (Lipinski definition) is 3. The minimum Gasteiger partial charge on any atom is -0.466 e. The Hall–Kier alpha value is -1.66. The van der Waals surface area contributed by atoms with Crippen molar-refractivity contribution >= 4 is 11.9 Å². The molecule has 0 aliphatic rings. The lowest BCUT2D eigenvalue weighted by Gasteiger charge is -2.22. The zero-order valence-electron chi connectivity index (χ0n) is 50.8. The summed E-state index contributed by atoms with van der Waals surface area (Å²) in [5.41, 5.74) is 0.